The lowest BCUT2D eigenvalue weighted by Gasteiger charge is -2.17. The van der Waals surface area contributed by atoms with Gasteiger partial charge in [0.05, 0.1) is 16.6 Å². The van der Waals surface area contributed by atoms with E-state index >= 15 is 0 Å². The summed E-state index contributed by atoms with van der Waals surface area (Å²) in [7, 11) is 3.72. The predicted octanol–water partition coefficient (Wildman–Crippen LogP) is 3.14. The molecule has 0 aliphatic heterocycles. The number of hydrogen-bond donors (Lipinski definition) is 1. The summed E-state index contributed by atoms with van der Waals surface area (Å²) in [5.74, 6) is 0. The van der Waals surface area contributed by atoms with Gasteiger partial charge in [-0.05, 0) is 38.0 Å². The van der Waals surface area contributed by atoms with Crippen LogP contribution < -0.4 is 5.32 Å². The van der Waals surface area contributed by atoms with Gasteiger partial charge in [0.2, 0.25) is 0 Å². The van der Waals surface area contributed by atoms with Gasteiger partial charge in [0.25, 0.3) is 0 Å². The van der Waals surface area contributed by atoms with Crippen LogP contribution >= 0.6 is 22.9 Å². The van der Waals surface area contributed by atoms with E-state index in [1.54, 1.807) is 11.9 Å². The number of nitrogens with one attached hydrogen (secondary N) is 1. The highest BCUT2D eigenvalue weighted by Crippen LogP contribution is 2.22. The van der Waals surface area contributed by atoms with Crippen molar-refractivity contribution in [2.75, 3.05) is 13.6 Å². The lowest BCUT2D eigenvalue weighted by molar-refractivity contribution is 0.207. The molecule has 22 heavy (non-hydrogen) atoms. The third-order valence-corrected chi connectivity index (χ3v) is 4.89. The number of carbonyl (C=O) groups is 1. The molecular weight excluding hydrogens is 320 g/mol. The van der Waals surface area contributed by atoms with Crippen LogP contribution in [0.15, 0.2) is 12.1 Å². The molecule has 0 atom stereocenters. The lowest BCUT2D eigenvalue weighted by Crippen LogP contribution is -2.37. The fraction of sp³-hybridized carbons (Fsp3) is 0.467. The molecule has 0 saturated carbocycles. The molecule has 5 nitrogen and oxygen atoms in total. The van der Waals surface area contributed by atoms with E-state index in [2.05, 4.69) is 10.4 Å². The molecule has 1 N–H and O–H groups in total. The normalized spacial score (nSPS) is 10.8. The second-order valence-corrected chi connectivity index (χ2v) is 7.12. The lowest BCUT2D eigenvalue weighted by atomic mass is 10.1. The average Bonchev–Trinajstić information content (AvgIpc) is 2.96. The highest BCUT2D eigenvalue weighted by molar-refractivity contribution is 7.16. The summed E-state index contributed by atoms with van der Waals surface area (Å²) in [6.45, 7) is 5.20. The van der Waals surface area contributed by atoms with Gasteiger partial charge in [-0.15, -0.1) is 11.3 Å². The molecule has 2 heterocycles. The van der Waals surface area contributed by atoms with E-state index in [0.29, 0.717) is 13.1 Å². The molecule has 2 amide bonds. The van der Waals surface area contributed by atoms with Gasteiger partial charge in [-0.1, -0.05) is 11.6 Å². The molecule has 0 saturated heterocycles. The molecule has 0 spiro atoms. The molecule has 0 unspecified atom stereocenters. The molecule has 0 aromatic carbocycles. The third-order valence-electron chi connectivity index (χ3n) is 3.68. The van der Waals surface area contributed by atoms with Crippen molar-refractivity contribution in [1.82, 2.24) is 20.0 Å². The summed E-state index contributed by atoms with van der Waals surface area (Å²) in [5, 5.41) is 7.33. The van der Waals surface area contributed by atoms with E-state index in [0.717, 1.165) is 27.0 Å². The van der Waals surface area contributed by atoms with Crippen LogP contribution in [-0.4, -0.2) is 34.3 Å². The van der Waals surface area contributed by atoms with Crippen molar-refractivity contribution < 1.29 is 4.79 Å². The summed E-state index contributed by atoms with van der Waals surface area (Å²) in [4.78, 5) is 14.8. The molecule has 0 fully saturated rings. The molecule has 0 aliphatic carbocycles. The maximum absolute atomic E-state index is 12.1. The summed E-state index contributed by atoms with van der Waals surface area (Å²) >= 11 is 7.39. The van der Waals surface area contributed by atoms with Crippen molar-refractivity contribution in [3.8, 4) is 0 Å². The van der Waals surface area contributed by atoms with Crippen molar-refractivity contribution in [3.63, 3.8) is 0 Å². The van der Waals surface area contributed by atoms with Crippen LogP contribution in [0, 0.1) is 13.8 Å². The second kappa shape index (κ2) is 7.15. The van der Waals surface area contributed by atoms with Crippen LogP contribution in [0.2, 0.25) is 4.34 Å². The third kappa shape index (κ3) is 4.01. The number of carbonyl (C=O) groups excluding carboxylic acids is 1. The fourth-order valence-corrected chi connectivity index (χ4v) is 3.49. The Balaban J connectivity index is 1.82. The number of hydrogen-bond acceptors (Lipinski definition) is 3. The van der Waals surface area contributed by atoms with Crippen LogP contribution in [0.1, 0.15) is 21.8 Å². The zero-order valence-corrected chi connectivity index (χ0v) is 14.9. The molecule has 120 valence electrons. The van der Waals surface area contributed by atoms with Crippen LogP contribution in [0.4, 0.5) is 4.79 Å². The Morgan fingerprint density at radius 1 is 1.45 bits per heavy atom. The summed E-state index contributed by atoms with van der Waals surface area (Å²) in [5.41, 5.74) is 3.37. The Hall–Kier alpha value is -1.53. The number of urea groups is 1. The molecule has 0 bridgehead atoms. The zero-order valence-electron chi connectivity index (χ0n) is 13.3. The van der Waals surface area contributed by atoms with Crippen LogP contribution in [0.5, 0.6) is 0 Å². The number of amides is 2. The standard InChI is InChI=1S/C15H21ClN4OS/c1-10-13(11(2)20(4)18-10)7-8-17-15(21)19(3)9-12-5-6-14(16)22-12/h5-6H,7-9H2,1-4H3,(H,17,21). The van der Waals surface area contributed by atoms with Crippen molar-refractivity contribution in [2.24, 2.45) is 7.05 Å². The Morgan fingerprint density at radius 3 is 2.73 bits per heavy atom. The first-order chi connectivity index (χ1) is 10.4. The van der Waals surface area contributed by atoms with Gasteiger partial charge in [0.1, 0.15) is 0 Å². The van der Waals surface area contributed by atoms with E-state index in [9.17, 15) is 4.79 Å². The topological polar surface area (TPSA) is 50.2 Å². The molecule has 0 radical (unpaired) electrons. The van der Waals surface area contributed by atoms with Gasteiger partial charge in [0, 0.05) is 31.2 Å². The maximum atomic E-state index is 12.1. The number of aryl methyl sites for hydroxylation is 2. The Bertz CT molecular complexity index is 665. The number of nitrogens with zero attached hydrogens (tertiary/aromatic N) is 3. The Kier molecular flexibility index (Phi) is 5.47. The van der Waals surface area contributed by atoms with Gasteiger partial charge in [0.15, 0.2) is 0 Å². The number of thiophene rings is 1. The van der Waals surface area contributed by atoms with Crippen molar-refractivity contribution >= 4 is 29.0 Å². The van der Waals surface area contributed by atoms with E-state index < -0.39 is 0 Å². The maximum Gasteiger partial charge on any atom is 0.317 e. The predicted molar refractivity (Wildman–Crippen MR) is 90.6 cm³/mol. The van der Waals surface area contributed by atoms with Gasteiger partial charge < -0.3 is 10.2 Å². The van der Waals surface area contributed by atoms with E-state index in [-0.39, 0.29) is 6.03 Å². The largest absolute Gasteiger partial charge is 0.338 e. The Morgan fingerprint density at radius 2 is 2.18 bits per heavy atom. The summed E-state index contributed by atoms with van der Waals surface area (Å²) in [6, 6.07) is 3.71. The van der Waals surface area contributed by atoms with E-state index in [1.807, 2.05) is 37.7 Å². The van der Waals surface area contributed by atoms with Crippen molar-refractivity contribution in [2.45, 2.75) is 26.8 Å². The molecule has 2 rings (SSSR count). The Labute approximate surface area is 139 Å². The second-order valence-electron chi connectivity index (χ2n) is 5.32. The first kappa shape index (κ1) is 16.8. The van der Waals surface area contributed by atoms with Crippen molar-refractivity contribution in [1.29, 1.82) is 0 Å². The van der Waals surface area contributed by atoms with Gasteiger partial charge >= 0.3 is 6.03 Å². The zero-order chi connectivity index (χ0) is 16.3. The van der Waals surface area contributed by atoms with Crippen LogP contribution in [0.25, 0.3) is 0 Å². The van der Waals surface area contributed by atoms with Crippen LogP contribution in [-0.2, 0) is 20.0 Å². The van der Waals surface area contributed by atoms with E-state index in [1.165, 1.54) is 16.9 Å². The number of aromatic nitrogens is 2. The molecule has 2 aromatic heterocycles. The minimum absolute atomic E-state index is 0.0799. The highest BCUT2D eigenvalue weighted by atomic mass is 35.5. The van der Waals surface area contributed by atoms with Gasteiger partial charge in [-0.2, -0.15) is 5.10 Å². The van der Waals surface area contributed by atoms with Crippen LogP contribution in [0.3, 0.4) is 0 Å². The first-order valence-electron chi connectivity index (χ1n) is 7.10. The minimum Gasteiger partial charge on any atom is -0.338 e. The molecule has 7 heteroatoms. The monoisotopic (exact) mass is 340 g/mol. The minimum atomic E-state index is -0.0799. The van der Waals surface area contributed by atoms with Gasteiger partial charge in [-0.3, -0.25) is 4.68 Å². The number of rotatable bonds is 5. The molecule has 0 aliphatic rings. The van der Waals surface area contributed by atoms with Gasteiger partial charge in [-0.25, -0.2) is 4.79 Å². The summed E-state index contributed by atoms with van der Waals surface area (Å²) in [6.07, 6.45) is 0.788. The van der Waals surface area contributed by atoms with E-state index in [4.69, 9.17) is 11.6 Å². The molecule has 2 aromatic rings. The summed E-state index contributed by atoms with van der Waals surface area (Å²) < 4.78 is 2.62. The average molecular weight is 341 g/mol. The van der Waals surface area contributed by atoms with Crippen molar-refractivity contribution in [3.05, 3.63) is 38.3 Å². The smallest absolute Gasteiger partial charge is 0.317 e. The fourth-order valence-electron chi connectivity index (χ4n) is 2.35. The quantitative estimate of drug-likeness (QED) is 0.909. The first-order valence-corrected chi connectivity index (χ1v) is 8.30. The molecular formula is C15H21ClN4OS. The number of halogens is 1. The SMILES string of the molecule is Cc1nn(C)c(C)c1CCNC(=O)N(C)Cc1ccc(Cl)s1. The highest BCUT2D eigenvalue weighted by Gasteiger charge is 2.12.